The van der Waals surface area contributed by atoms with Gasteiger partial charge in [0.2, 0.25) is 0 Å². The Morgan fingerprint density at radius 3 is 1.75 bits per heavy atom. The first-order chi connectivity index (χ1) is 23.8. The summed E-state index contributed by atoms with van der Waals surface area (Å²) in [5.74, 6) is 0.937. The maximum Gasteiger partial charge on any atom is 0.145 e. The largest absolute Gasteiger partial charge is 0.292 e. The molecule has 0 amide bonds. The first-order valence-corrected chi connectivity index (χ1v) is 17.0. The van der Waals surface area contributed by atoms with Crippen LogP contribution in [-0.4, -0.2) is 9.55 Å². The summed E-state index contributed by atoms with van der Waals surface area (Å²) in [6.45, 7) is 0. The highest BCUT2D eigenvalue weighted by Crippen LogP contribution is 2.39. The lowest BCUT2D eigenvalue weighted by atomic mass is 9.96. The highest BCUT2D eigenvalue weighted by atomic mass is 32.2. The third kappa shape index (κ3) is 5.25. The Bertz CT molecular complexity index is 2470. The SMILES string of the molecule is C1=Cc2cc(-c3ccc(-c4cccc(-c5cccc(-c6nc7ccccc7n6-c6ccccc6)c5)c4)cc3)ccc2Sc2ccccc21. The summed E-state index contributed by atoms with van der Waals surface area (Å²) in [4.78, 5) is 7.67. The number of nitrogens with zero attached hydrogens (tertiary/aromatic N) is 2. The van der Waals surface area contributed by atoms with Crippen molar-refractivity contribution in [2.45, 2.75) is 9.79 Å². The molecule has 0 atom stereocenters. The molecule has 0 saturated heterocycles. The van der Waals surface area contributed by atoms with E-state index < -0.39 is 0 Å². The minimum atomic E-state index is 0.937. The molecule has 0 spiro atoms. The van der Waals surface area contributed by atoms with Crippen LogP contribution in [0.4, 0.5) is 0 Å². The van der Waals surface area contributed by atoms with E-state index in [1.165, 1.54) is 48.7 Å². The third-order valence-corrected chi connectivity index (χ3v) is 10.2. The number of fused-ring (bicyclic) bond motifs is 3. The fraction of sp³-hybridized carbons (Fsp3) is 0. The number of hydrogen-bond donors (Lipinski definition) is 0. The van der Waals surface area contributed by atoms with Gasteiger partial charge in [-0.1, -0.05) is 139 Å². The van der Waals surface area contributed by atoms with Gasteiger partial charge in [-0.3, -0.25) is 4.57 Å². The smallest absolute Gasteiger partial charge is 0.145 e. The fourth-order valence-electron chi connectivity index (χ4n) is 6.59. The van der Waals surface area contributed by atoms with E-state index in [0.29, 0.717) is 0 Å². The lowest BCUT2D eigenvalue weighted by Gasteiger charge is -2.12. The Morgan fingerprint density at radius 2 is 0.958 bits per heavy atom. The van der Waals surface area contributed by atoms with Crippen LogP contribution in [0, 0.1) is 0 Å². The van der Waals surface area contributed by atoms with Gasteiger partial charge in [0.05, 0.1) is 11.0 Å². The van der Waals surface area contributed by atoms with E-state index in [-0.39, 0.29) is 0 Å². The minimum Gasteiger partial charge on any atom is -0.292 e. The first kappa shape index (κ1) is 28.3. The molecule has 7 aromatic carbocycles. The lowest BCUT2D eigenvalue weighted by molar-refractivity contribution is 1.10. The van der Waals surface area contributed by atoms with Crippen molar-refractivity contribution in [2.75, 3.05) is 0 Å². The van der Waals surface area contributed by atoms with Crippen LogP contribution in [0.15, 0.2) is 180 Å². The van der Waals surface area contributed by atoms with E-state index >= 15 is 0 Å². The topological polar surface area (TPSA) is 17.8 Å². The molecule has 0 aliphatic carbocycles. The van der Waals surface area contributed by atoms with Crippen LogP contribution in [0.1, 0.15) is 11.1 Å². The average molecular weight is 631 g/mol. The summed E-state index contributed by atoms with van der Waals surface area (Å²) >= 11 is 1.84. The summed E-state index contributed by atoms with van der Waals surface area (Å²) < 4.78 is 2.25. The van der Waals surface area contributed by atoms with Gasteiger partial charge in [-0.15, -0.1) is 0 Å². The monoisotopic (exact) mass is 630 g/mol. The van der Waals surface area contributed by atoms with Gasteiger partial charge in [0.25, 0.3) is 0 Å². The molecular weight excluding hydrogens is 601 g/mol. The second-order valence-electron chi connectivity index (χ2n) is 12.1. The van der Waals surface area contributed by atoms with E-state index in [0.717, 1.165) is 33.7 Å². The number of benzene rings is 7. The van der Waals surface area contributed by atoms with Crippen LogP contribution in [0.2, 0.25) is 0 Å². The van der Waals surface area contributed by atoms with Crippen molar-refractivity contribution in [1.29, 1.82) is 0 Å². The number of hydrogen-bond acceptors (Lipinski definition) is 2. The van der Waals surface area contributed by atoms with Gasteiger partial charge in [-0.05, 0) is 99.1 Å². The predicted molar refractivity (Wildman–Crippen MR) is 202 cm³/mol. The van der Waals surface area contributed by atoms with Crippen LogP contribution in [0.25, 0.3) is 73.6 Å². The molecule has 1 aliphatic heterocycles. The van der Waals surface area contributed by atoms with E-state index in [4.69, 9.17) is 4.98 Å². The Morgan fingerprint density at radius 1 is 0.396 bits per heavy atom. The van der Waals surface area contributed by atoms with E-state index in [2.05, 4.69) is 181 Å². The van der Waals surface area contributed by atoms with Gasteiger partial charge in [-0.2, -0.15) is 0 Å². The number of para-hydroxylation sites is 3. The molecule has 8 aromatic rings. The van der Waals surface area contributed by atoms with Gasteiger partial charge < -0.3 is 0 Å². The maximum atomic E-state index is 5.09. The highest BCUT2D eigenvalue weighted by molar-refractivity contribution is 7.99. The molecule has 0 bridgehead atoms. The van der Waals surface area contributed by atoms with E-state index in [1.807, 2.05) is 17.8 Å². The van der Waals surface area contributed by atoms with Crippen LogP contribution in [-0.2, 0) is 0 Å². The highest BCUT2D eigenvalue weighted by Gasteiger charge is 2.15. The van der Waals surface area contributed by atoms with Gasteiger partial charge in [0.1, 0.15) is 5.82 Å². The van der Waals surface area contributed by atoms with Crippen molar-refractivity contribution in [3.8, 4) is 50.5 Å². The zero-order valence-electron chi connectivity index (χ0n) is 26.1. The molecule has 1 aromatic heterocycles. The van der Waals surface area contributed by atoms with Gasteiger partial charge in [0.15, 0.2) is 0 Å². The molecule has 9 rings (SSSR count). The Hall–Kier alpha value is -5.90. The van der Waals surface area contributed by atoms with Gasteiger partial charge in [0, 0.05) is 21.0 Å². The van der Waals surface area contributed by atoms with Crippen molar-refractivity contribution in [3.05, 3.63) is 181 Å². The fourth-order valence-corrected chi connectivity index (χ4v) is 7.61. The second kappa shape index (κ2) is 12.0. The molecule has 0 unspecified atom stereocenters. The van der Waals surface area contributed by atoms with Crippen molar-refractivity contribution < 1.29 is 0 Å². The number of aromatic nitrogens is 2. The summed E-state index contributed by atoms with van der Waals surface area (Å²) in [6, 6.07) is 60.7. The third-order valence-electron chi connectivity index (χ3n) is 9.03. The predicted octanol–water partition coefficient (Wildman–Crippen LogP) is 12.3. The van der Waals surface area contributed by atoms with Gasteiger partial charge >= 0.3 is 0 Å². The first-order valence-electron chi connectivity index (χ1n) is 16.2. The van der Waals surface area contributed by atoms with Gasteiger partial charge in [-0.25, -0.2) is 4.98 Å². The Balaban J connectivity index is 1.02. The molecule has 0 saturated carbocycles. The maximum absolute atomic E-state index is 5.09. The average Bonchev–Trinajstić information content (AvgIpc) is 3.45. The molecule has 48 heavy (non-hydrogen) atoms. The van der Waals surface area contributed by atoms with Crippen molar-refractivity contribution in [1.82, 2.24) is 9.55 Å². The molecule has 2 nitrogen and oxygen atoms in total. The lowest BCUT2D eigenvalue weighted by Crippen LogP contribution is -1.97. The Labute approximate surface area is 284 Å². The molecule has 3 heteroatoms. The quantitative estimate of drug-likeness (QED) is 0.188. The number of imidazole rings is 1. The molecular formula is C45H30N2S. The molecule has 0 N–H and O–H groups in total. The number of rotatable bonds is 5. The van der Waals surface area contributed by atoms with E-state index in [1.54, 1.807) is 0 Å². The standard InChI is InChI=1S/C45H30N2S/c1-2-15-40(16-3-1)47-42-18-6-5-17-41(42)46-45(47)39-14-9-13-36(30-39)35-12-8-11-34(28-35)31-20-22-32(23-21-31)37-26-27-44-38(29-37)25-24-33-10-4-7-19-43(33)48-44/h1-30H. The molecule has 0 radical (unpaired) electrons. The van der Waals surface area contributed by atoms with Crippen molar-refractivity contribution >= 4 is 34.9 Å². The molecule has 2 heterocycles. The molecule has 1 aliphatic rings. The Kier molecular flexibility index (Phi) is 7.10. The normalized spacial score (nSPS) is 12.0. The van der Waals surface area contributed by atoms with Crippen LogP contribution in [0.3, 0.4) is 0 Å². The second-order valence-corrected chi connectivity index (χ2v) is 13.1. The van der Waals surface area contributed by atoms with Crippen LogP contribution in [0.5, 0.6) is 0 Å². The summed E-state index contributed by atoms with van der Waals surface area (Å²) in [5.41, 5.74) is 14.0. The van der Waals surface area contributed by atoms with Crippen molar-refractivity contribution in [3.63, 3.8) is 0 Å². The summed E-state index contributed by atoms with van der Waals surface area (Å²) in [7, 11) is 0. The molecule has 226 valence electrons. The summed E-state index contributed by atoms with van der Waals surface area (Å²) in [5, 5.41) is 0. The van der Waals surface area contributed by atoms with Crippen molar-refractivity contribution in [2.24, 2.45) is 0 Å². The van der Waals surface area contributed by atoms with Crippen LogP contribution < -0.4 is 0 Å². The molecule has 0 fully saturated rings. The summed E-state index contributed by atoms with van der Waals surface area (Å²) in [6.07, 6.45) is 4.47. The zero-order valence-corrected chi connectivity index (χ0v) is 26.9. The minimum absolute atomic E-state index is 0.937. The zero-order chi connectivity index (χ0) is 31.9. The van der Waals surface area contributed by atoms with Crippen LogP contribution >= 0.6 is 11.8 Å². The van der Waals surface area contributed by atoms with E-state index in [9.17, 15) is 0 Å².